The van der Waals surface area contributed by atoms with E-state index in [9.17, 15) is 4.79 Å². The summed E-state index contributed by atoms with van der Waals surface area (Å²) >= 11 is 0. The molecule has 0 radical (unpaired) electrons. The Bertz CT molecular complexity index is 531. The fourth-order valence-electron chi connectivity index (χ4n) is 1.54. The highest BCUT2D eigenvalue weighted by atomic mass is 16.5. The molecule has 0 aliphatic rings. The Balaban J connectivity index is 2.77. The van der Waals surface area contributed by atoms with Gasteiger partial charge in [0.1, 0.15) is 11.3 Å². The standard InChI is InChI=1S/C10H10N2O3/c1-6-9(10(13)14)8-5-7(15-2)3-4-12(8)11-6/h3-5H,1-2H3,(H,13,14). The first-order valence-electron chi connectivity index (χ1n) is 4.39. The molecule has 0 fully saturated rings. The smallest absolute Gasteiger partial charge is 0.339 e. The number of aryl methyl sites for hydroxylation is 1. The van der Waals surface area contributed by atoms with Crippen LogP contribution in [0.5, 0.6) is 5.75 Å². The Morgan fingerprint density at radius 3 is 2.93 bits per heavy atom. The van der Waals surface area contributed by atoms with E-state index in [1.165, 1.54) is 11.6 Å². The maximum absolute atomic E-state index is 11.0. The molecule has 0 amide bonds. The molecule has 15 heavy (non-hydrogen) atoms. The highest BCUT2D eigenvalue weighted by Gasteiger charge is 2.16. The zero-order valence-corrected chi connectivity index (χ0v) is 8.39. The lowest BCUT2D eigenvalue weighted by Crippen LogP contribution is -1.97. The number of carboxylic acids is 1. The predicted octanol–water partition coefficient (Wildman–Crippen LogP) is 1.35. The lowest BCUT2D eigenvalue weighted by molar-refractivity contribution is 0.0698. The number of aromatic nitrogens is 2. The van der Waals surface area contributed by atoms with Crippen LogP contribution in [0.4, 0.5) is 0 Å². The maximum Gasteiger partial charge on any atom is 0.339 e. The minimum Gasteiger partial charge on any atom is -0.497 e. The van der Waals surface area contributed by atoms with Gasteiger partial charge in [0.25, 0.3) is 0 Å². The first kappa shape index (κ1) is 9.51. The van der Waals surface area contributed by atoms with Gasteiger partial charge in [0.05, 0.1) is 18.3 Å². The van der Waals surface area contributed by atoms with E-state index >= 15 is 0 Å². The van der Waals surface area contributed by atoms with Crippen LogP contribution in [0.25, 0.3) is 5.52 Å². The third kappa shape index (κ3) is 1.41. The molecule has 0 unspecified atom stereocenters. The topological polar surface area (TPSA) is 63.8 Å². The molecule has 2 aromatic rings. The minimum atomic E-state index is -0.976. The molecule has 0 spiro atoms. The lowest BCUT2D eigenvalue weighted by Gasteiger charge is -1.99. The highest BCUT2D eigenvalue weighted by Crippen LogP contribution is 2.20. The summed E-state index contributed by atoms with van der Waals surface area (Å²) in [6.45, 7) is 1.67. The SMILES string of the molecule is COc1ccn2nc(C)c(C(=O)O)c2c1. The average Bonchev–Trinajstić information content (AvgIpc) is 2.52. The summed E-state index contributed by atoms with van der Waals surface area (Å²) in [6.07, 6.45) is 1.67. The van der Waals surface area contributed by atoms with Crippen LogP contribution in [-0.4, -0.2) is 27.8 Å². The van der Waals surface area contributed by atoms with Crippen LogP contribution in [-0.2, 0) is 0 Å². The number of methoxy groups -OCH3 is 1. The molecule has 0 aromatic carbocycles. The first-order valence-corrected chi connectivity index (χ1v) is 4.39. The summed E-state index contributed by atoms with van der Waals surface area (Å²) in [5.41, 5.74) is 1.25. The fraction of sp³-hybridized carbons (Fsp3) is 0.200. The van der Waals surface area contributed by atoms with E-state index in [2.05, 4.69) is 5.10 Å². The van der Waals surface area contributed by atoms with E-state index in [-0.39, 0.29) is 5.56 Å². The van der Waals surface area contributed by atoms with E-state index in [0.717, 1.165) is 0 Å². The van der Waals surface area contributed by atoms with Crippen molar-refractivity contribution in [3.05, 3.63) is 29.6 Å². The summed E-state index contributed by atoms with van der Waals surface area (Å²) in [7, 11) is 1.54. The van der Waals surface area contributed by atoms with Crippen LogP contribution >= 0.6 is 0 Å². The Morgan fingerprint density at radius 2 is 2.33 bits per heavy atom. The molecular formula is C10H10N2O3. The average molecular weight is 206 g/mol. The van der Waals surface area contributed by atoms with Crippen molar-refractivity contribution < 1.29 is 14.6 Å². The number of rotatable bonds is 2. The van der Waals surface area contributed by atoms with Crippen LogP contribution in [0.15, 0.2) is 18.3 Å². The van der Waals surface area contributed by atoms with Gasteiger partial charge >= 0.3 is 5.97 Å². The summed E-state index contributed by atoms with van der Waals surface area (Å²) in [6, 6.07) is 3.38. The molecule has 2 rings (SSSR count). The Morgan fingerprint density at radius 1 is 1.60 bits per heavy atom. The molecule has 1 N–H and O–H groups in total. The minimum absolute atomic E-state index is 0.217. The first-order chi connectivity index (χ1) is 7.13. The van der Waals surface area contributed by atoms with Crippen molar-refractivity contribution in [2.24, 2.45) is 0 Å². The summed E-state index contributed by atoms with van der Waals surface area (Å²) in [4.78, 5) is 11.0. The Hall–Kier alpha value is -2.04. The molecule has 0 aliphatic carbocycles. The number of ether oxygens (including phenoxy) is 1. The molecular weight excluding hydrogens is 196 g/mol. The second-order valence-corrected chi connectivity index (χ2v) is 3.16. The van der Waals surface area contributed by atoms with Crippen LogP contribution < -0.4 is 4.74 Å². The van der Waals surface area contributed by atoms with Gasteiger partial charge < -0.3 is 9.84 Å². The van der Waals surface area contributed by atoms with Crippen molar-refractivity contribution in [1.82, 2.24) is 9.61 Å². The van der Waals surface area contributed by atoms with Crippen molar-refractivity contribution in [3.8, 4) is 5.75 Å². The van der Waals surface area contributed by atoms with Gasteiger partial charge in [-0.3, -0.25) is 0 Å². The maximum atomic E-state index is 11.0. The van der Waals surface area contributed by atoms with Gasteiger partial charge in [-0.25, -0.2) is 9.31 Å². The normalized spacial score (nSPS) is 10.5. The predicted molar refractivity (Wildman–Crippen MR) is 53.4 cm³/mol. The van der Waals surface area contributed by atoms with Gasteiger partial charge in [-0.1, -0.05) is 0 Å². The Kier molecular flexibility index (Phi) is 2.07. The van der Waals surface area contributed by atoms with Gasteiger partial charge in [-0.05, 0) is 13.0 Å². The van der Waals surface area contributed by atoms with Gasteiger partial charge in [0, 0.05) is 12.3 Å². The molecule has 2 aromatic heterocycles. The Labute approximate surface area is 85.9 Å². The second-order valence-electron chi connectivity index (χ2n) is 3.16. The van der Waals surface area contributed by atoms with E-state index in [0.29, 0.717) is 17.0 Å². The van der Waals surface area contributed by atoms with Crippen molar-refractivity contribution in [2.45, 2.75) is 6.92 Å². The van der Waals surface area contributed by atoms with E-state index in [4.69, 9.17) is 9.84 Å². The summed E-state index contributed by atoms with van der Waals surface area (Å²) in [5.74, 6) is -0.361. The number of hydrogen-bond acceptors (Lipinski definition) is 3. The van der Waals surface area contributed by atoms with E-state index in [1.807, 2.05) is 0 Å². The molecule has 5 heteroatoms. The van der Waals surface area contributed by atoms with E-state index in [1.54, 1.807) is 25.3 Å². The quantitative estimate of drug-likeness (QED) is 0.805. The van der Waals surface area contributed by atoms with Crippen LogP contribution in [0.2, 0.25) is 0 Å². The zero-order chi connectivity index (χ0) is 11.0. The highest BCUT2D eigenvalue weighted by molar-refractivity contribution is 5.97. The van der Waals surface area contributed by atoms with E-state index < -0.39 is 5.97 Å². The molecule has 0 saturated heterocycles. The summed E-state index contributed by atoms with van der Waals surface area (Å²) in [5, 5.41) is 13.1. The van der Waals surface area contributed by atoms with Crippen molar-refractivity contribution in [1.29, 1.82) is 0 Å². The van der Waals surface area contributed by atoms with Crippen LogP contribution in [0, 0.1) is 6.92 Å². The molecule has 0 aliphatic heterocycles. The number of nitrogens with zero attached hydrogens (tertiary/aromatic N) is 2. The number of fused-ring (bicyclic) bond motifs is 1. The number of carboxylic acid groups (broad SMARTS) is 1. The number of pyridine rings is 1. The van der Waals surface area contributed by atoms with Crippen molar-refractivity contribution in [3.63, 3.8) is 0 Å². The van der Waals surface area contributed by atoms with Gasteiger partial charge in [-0.15, -0.1) is 0 Å². The molecule has 0 atom stereocenters. The molecule has 78 valence electrons. The molecule has 5 nitrogen and oxygen atoms in total. The third-order valence-corrected chi connectivity index (χ3v) is 2.23. The van der Waals surface area contributed by atoms with Gasteiger partial charge in [0.2, 0.25) is 0 Å². The fourth-order valence-corrected chi connectivity index (χ4v) is 1.54. The van der Waals surface area contributed by atoms with Crippen LogP contribution in [0.1, 0.15) is 16.1 Å². The van der Waals surface area contributed by atoms with Gasteiger partial charge in [0.15, 0.2) is 0 Å². The number of aromatic carboxylic acids is 1. The molecule has 0 saturated carbocycles. The molecule has 0 bridgehead atoms. The zero-order valence-electron chi connectivity index (χ0n) is 8.39. The van der Waals surface area contributed by atoms with Crippen molar-refractivity contribution >= 4 is 11.5 Å². The third-order valence-electron chi connectivity index (χ3n) is 2.23. The number of carbonyl (C=O) groups is 1. The second kappa shape index (κ2) is 3.27. The van der Waals surface area contributed by atoms with Gasteiger partial charge in [-0.2, -0.15) is 5.10 Å². The molecule has 2 heterocycles. The van der Waals surface area contributed by atoms with Crippen molar-refractivity contribution in [2.75, 3.05) is 7.11 Å². The largest absolute Gasteiger partial charge is 0.497 e. The lowest BCUT2D eigenvalue weighted by atomic mass is 10.2. The monoisotopic (exact) mass is 206 g/mol. The van der Waals surface area contributed by atoms with Crippen LogP contribution in [0.3, 0.4) is 0 Å². The summed E-state index contributed by atoms with van der Waals surface area (Å²) < 4.78 is 6.56. The number of hydrogen-bond donors (Lipinski definition) is 1.